The van der Waals surface area contributed by atoms with Crippen molar-refractivity contribution in [3.05, 3.63) is 23.3 Å². The molecule has 1 amide bonds. The normalized spacial score (nSPS) is 23.0. The van der Waals surface area contributed by atoms with E-state index in [-0.39, 0.29) is 24.2 Å². The summed E-state index contributed by atoms with van der Waals surface area (Å²) >= 11 is 0. The van der Waals surface area contributed by atoms with E-state index < -0.39 is 6.10 Å². The van der Waals surface area contributed by atoms with E-state index in [0.29, 0.717) is 31.1 Å². The summed E-state index contributed by atoms with van der Waals surface area (Å²) < 4.78 is 10.7. The van der Waals surface area contributed by atoms with E-state index in [9.17, 15) is 9.90 Å². The number of carbonyl (C=O) groups is 1. The summed E-state index contributed by atoms with van der Waals surface area (Å²) in [6, 6.07) is 3.61. The molecule has 2 N–H and O–H groups in total. The quantitative estimate of drug-likeness (QED) is 0.861. The van der Waals surface area contributed by atoms with Gasteiger partial charge in [-0.2, -0.15) is 0 Å². The lowest BCUT2D eigenvalue weighted by molar-refractivity contribution is -0.137. The fourth-order valence-corrected chi connectivity index (χ4v) is 3.37. The number of rotatable bonds is 3. The van der Waals surface area contributed by atoms with Gasteiger partial charge in [-0.05, 0) is 25.1 Å². The molecule has 2 unspecified atom stereocenters. The van der Waals surface area contributed by atoms with Gasteiger partial charge in [-0.1, -0.05) is 0 Å². The number of amides is 1. The van der Waals surface area contributed by atoms with E-state index in [1.54, 1.807) is 25.2 Å². The number of benzene rings is 1. The topological polar surface area (TPSA) is 71.0 Å². The Kier molecular flexibility index (Phi) is 5.73. The average molecular weight is 343 g/mol. The van der Waals surface area contributed by atoms with Crippen LogP contribution in [0.25, 0.3) is 0 Å². The SMILES string of the molecule is COc1ccc(OC)c2c1CN(C(=O)C1CCNC1)CC2O.Cl. The Morgan fingerprint density at radius 2 is 2.00 bits per heavy atom. The fourth-order valence-electron chi connectivity index (χ4n) is 3.37. The molecule has 1 aromatic rings. The number of hydrogen-bond acceptors (Lipinski definition) is 5. The molecule has 0 radical (unpaired) electrons. The van der Waals surface area contributed by atoms with Gasteiger partial charge in [0, 0.05) is 24.2 Å². The van der Waals surface area contributed by atoms with Crippen molar-refractivity contribution in [2.45, 2.75) is 19.1 Å². The Morgan fingerprint density at radius 3 is 2.61 bits per heavy atom. The smallest absolute Gasteiger partial charge is 0.227 e. The zero-order valence-electron chi connectivity index (χ0n) is 13.4. The number of aliphatic hydroxyl groups excluding tert-OH is 1. The largest absolute Gasteiger partial charge is 0.496 e. The van der Waals surface area contributed by atoms with E-state index in [1.807, 2.05) is 6.07 Å². The first-order valence-corrected chi connectivity index (χ1v) is 7.57. The highest BCUT2D eigenvalue weighted by molar-refractivity contribution is 5.85. The summed E-state index contributed by atoms with van der Waals surface area (Å²) in [6.45, 7) is 2.34. The van der Waals surface area contributed by atoms with Gasteiger partial charge in [0.15, 0.2) is 0 Å². The lowest BCUT2D eigenvalue weighted by Crippen LogP contribution is -2.42. The Labute approximate surface area is 142 Å². The van der Waals surface area contributed by atoms with Crippen LogP contribution in [0.5, 0.6) is 11.5 Å². The third-order valence-electron chi connectivity index (χ3n) is 4.51. The van der Waals surface area contributed by atoms with E-state index in [1.165, 1.54) is 0 Å². The van der Waals surface area contributed by atoms with Crippen LogP contribution >= 0.6 is 12.4 Å². The number of nitrogens with one attached hydrogen (secondary N) is 1. The zero-order valence-corrected chi connectivity index (χ0v) is 14.2. The van der Waals surface area contributed by atoms with Gasteiger partial charge in [0.05, 0.1) is 26.7 Å². The van der Waals surface area contributed by atoms with Crippen LogP contribution < -0.4 is 14.8 Å². The first-order valence-electron chi connectivity index (χ1n) is 7.57. The molecular formula is C16H23ClN2O4. The molecule has 2 atom stereocenters. The number of hydrogen-bond donors (Lipinski definition) is 2. The predicted molar refractivity (Wildman–Crippen MR) is 88.1 cm³/mol. The van der Waals surface area contributed by atoms with Crippen LogP contribution in [0.2, 0.25) is 0 Å². The minimum Gasteiger partial charge on any atom is -0.496 e. The summed E-state index contributed by atoms with van der Waals surface area (Å²) in [6.07, 6.45) is 0.0974. The molecule has 0 aromatic heterocycles. The maximum atomic E-state index is 12.6. The number of carbonyl (C=O) groups excluding carboxylic acids is 1. The standard InChI is InChI=1S/C16H22N2O4.ClH/c1-21-13-3-4-14(22-2)15-11(13)8-18(9-12(15)19)16(20)10-5-6-17-7-10;/h3-4,10,12,17,19H,5-9H2,1-2H3;1H. The van der Waals surface area contributed by atoms with Crippen LogP contribution in [-0.2, 0) is 11.3 Å². The predicted octanol–water partition coefficient (Wildman–Crippen LogP) is 1.11. The number of nitrogens with zero attached hydrogens (tertiary/aromatic N) is 1. The maximum Gasteiger partial charge on any atom is 0.227 e. The first-order chi connectivity index (χ1) is 10.7. The zero-order chi connectivity index (χ0) is 15.7. The second-order valence-corrected chi connectivity index (χ2v) is 5.79. The van der Waals surface area contributed by atoms with Crippen LogP contribution in [0.4, 0.5) is 0 Å². The number of fused-ring (bicyclic) bond motifs is 1. The molecule has 0 aliphatic carbocycles. The molecule has 3 rings (SSSR count). The first kappa shape index (κ1) is 17.8. The Balaban J connectivity index is 0.00000192. The fraction of sp³-hybridized carbons (Fsp3) is 0.562. The monoisotopic (exact) mass is 342 g/mol. The van der Waals surface area contributed by atoms with Gasteiger partial charge in [0.2, 0.25) is 5.91 Å². The van der Waals surface area contributed by atoms with Gasteiger partial charge in [-0.25, -0.2) is 0 Å². The maximum absolute atomic E-state index is 12.6. The molecule has 128 valence electrons. The molecule has 23 heavy (non-hydrogen) atoms. The van der Waals surface area contributed by atoms with Crippen LogP contribution in [0.3, 0.4) is 0 Å². The number of ether oxygens (including phenoxy) is 2. The van der Waals surface area contributed by atoms with Crippen LogP contribution in [0, 0.1) is 5.92 Å². The van der Waals surface area contributed by atoms with E-state index in [0.717, 1.165) is 24.1 Å². The number of methoxy groups -OCH3 is 2. The van der Waals surface area contributed by atoms with Crippen molar-refractivity contribution in [3.63, 3.8) is 0 Å². The molecule has 0 spiro atoms. The highest BCUT2D eigenvalue weighted by Crippen LogP contribution is 2.39. The van der Waals surface area contributed by atoms with Gasteiger partial charge in [-0.3, -0.25) is 4.79 Å². The van der Waals surface area contributed by atoms with E-state index in [4.69, 9.17) is 9.47 Å². The summed E-state index contributed by atoms with van der Waals surface area (Å²) in [7, 11) is 3.17. The van der Waals surface area contributed by atoms with Crippen molar-refractivity contribution < 1.29 is 19.4 Å². The molecular weight excluding hydrogens is 320 g/mol. The van der Waals surface area contributed by atoms with Crippen LogP contribution in [0.15, 0.2) is 12.1 Å². The van der Waals surface area contributed by atoms with Gasteiger partial charge in [-0.15, -0.1) is 12.4 Å². The molecule has 2 aliphatic heterocycles. The van der Waals surface area contributed by atoms with Crippen molar-refractivity contribution in [1.29, 1.82) is 0 Å². The molecule has 0 saturated carbocycles. The highest BCUT2D eigenvalue weighted by atomic mass is 35.5. The Bertz CT molecular complexity index is 575. The summed E-state index contributed by atoms with van der Waals surface area (Å²) in [5.74, 6) is 1.42. The average Bonchev–Trinajstić information content (AvgIpc) is 3.07. The second-order valence-electron chi connectivity index (χ2n) is 5.79. The summed E-state index contributed by atoms with van der Waals surface area (Å²) in [5.41, 5.74) is 1.57. The summed E-state index contributed by atoms with van der Waals surface area (Å²) in [4.78, 5) is 14.3. The number of β-amino-alcohol motifs (C(OH)–C–C–N with tert-alkyl or cyclic N) is 1. The third-order valence-corrected chi connectivity index (χ3v) is 4.51. The lowest BCUT2D eigenvalue weighted by atomic mass is 9.94. The van der Waals surface area contributed by atoms with Gasteiger partial charge < -0.3 is 24.8 Å². The lowest BCUT2D eigenvalue weighted by Gasteiger charge is -2.35. The number of halogens is 1. The minimum absolute atomic E-state index is 0. The Morgan fingerprint density at radius 1 is 1.30 bits per heavy atom. The van der Waals surface area contributed by atoms with E-state index in [2.05, 4.69) is 5.32 Å². The van der Waals surface area contributed by atoms with Gasteiger partial charge in [0.1, 0.15) is 17.6 Å². The van der Waals surface area contributed by atoms with Gasteiger partial charge in [0.25, 0.3) is 0 Å². The molecule has 1 saturated heterocycles. The van der Waals surface area contributed by atoms with Crippen molar-refractivity contribution in [2.75, 3.05) is 33.9 Å². The number of aliphatic hydroxyl groups is 1. The molecule has 7 heteroatoms. The van der Waals surface area contributed by atoms with Crippen molar-refractivity contribution in [2.24, 2.45) is 5.92 Å². The van der Waals surface area contributed by atoms with Crippen molar-refractivity contribution in [1.82, 2.24) is 10.2 Å². The van der Waals surface area contributed by atoms with Crippen molar-refractivity contribution >= 4 is 18.3 Å². The molecule has 1 aromatic carbocycles. The van der Waals surface area contributed by atoms with E-state index >= 15 is 0 Å². The third kappa shape index (κ3) is 3.24. The van der Waals surface area contributed by atoms with Crippen molar-refractivity contribution in [3.8, 4) is 11.5 Å². The van der Waals surface area contributed by atoms with Crippen LogP contribution in [0.1, 0.15) is 23.7 Å². The van der Waals surface area contributed by atoms with Gasteiger partial charge >= 0.3 is 0 Å². The molecule has 0 bridgehead atoms. The molecule has 1 fully saturated rings. The summed E-state index contributed by atoms with van der Waals surface area (Å²) in [5, 5.41) is 13.7. The Hall–Kier alpha value is -1.50. The molecule has 6 nitrogen and oxygen atoms in total. The minimum atomic E-state index is -0.757. The highest BCUT2D eigenvalue weighted by Gasteiger charge is 2.35. The second kappa shape index (κ2) is 7.38. The molecule has 2 heterocycles. The molecule has 2 aliphatic rings. The van der Waals surface area contributed by atoms with Crippen LogP contribution in [-0.4, -0.2) is 49.8 Å².